The van der Waals surface area contributed by atoms with Gasteiger partial charge in [-0.2, -0.15) is 0 Å². The van der Waals surface area contributed by atoms with Crippen LogP contribution in [0.1, 0.15) is 22.7 Å². The molecular formula is C11H12BrN3O. The molecule has 4 nitrogen and oxygen atoms in total. The second kappa shape index (κ2) is 3.75. The van der Waals surface area contributed by atoms with Gasteiger partial charge in [-0.1, -0.05) is 0 Å². The fraction of sp³-hybridized carbons (Fsp3) is 0.364. The molecule has 1 atom stereocenters. The van der Waals surface area contributed by atoms with Crippen molar-refractivity contribution >= 4 is 15.9 Å². The van der Waals surface area contributed by atoms with Crippen molar-refractivity contribution in [2.75, 3.05) is 13.6 Å². The molecule has 1 aliphatic heterocycles. The van der Waals surface area contributed by atoms with Gasteiger partial charge in [-0.05, 0) is 23.0 Å². The topological polar surface area (TPSA) is 45.1 Å². The molecule has 5 heteroatoms. The molecule has 1 unspecified atom stereocenters. The van der Waals surface area contributed by atoms with Gasteiger partial charge < -0.3 is 14.3 Å². The number of furan rings is 1. The molecular weight excluding hydrogens is 270 g/mol. The van der Waals surface area contributed by atoms with Crippen LogP contribution in [0.2, 0.25) is 0 Å². The fourth-order valence-electron chi connectivity index (χ4n) is 2.28. The zero-order valence-electron chi connectivity index (χ0n) is 8.90. The largest absolute Gasteiger partial charge is 0.457 e. The average molecular weight is 282 g/mol. The quantitative estimate of drug-likeness (QED) is 0.873. The highest BCUT2D eigenvalue weighted by molar-refractivity contribution is 9.10. The van der Waals surface area contributed by atoms with Crippen LogP contribution in [0.15, 0.2) is 27.9 Å². The van der Waals surface area contributed by atoms with Crippen LogP contribution in [0.5, 0.6) is 0 Å². The Bertz CT molecular complexity index is 491. The van der Waals surface area contributed by atoms with E-state index in [4.69, 9.17) is 4.42 Å². The van der Waals surface area contributed by atoms with Gasteiger partial charge in [0.05, 0.1) is 12.6 Å². The molecule has 3 heterocycles. The Morgan fingerprint density at radius 3 is 3.25 bits per heavy atom. The number of aromatic amines is 1. The van der Waals surface area contributed by atoms with E-state index in [2.05, 4.69) is 37.8 Å². The van der Waals surface area contributed by atoms with E-state index in [1.54, 1.807) is 6.33 Å². The molecule has 0 radical (unpaired) electrons. The molecule has 2 aromatic heterocycles. The summed E-state index contributed by atoms with van der Waals surface area (Å²) in [4.78, 5) is 9.55. The summed E-state index contributed by atoms with van der Waals surface area (Å²) in [6.45, 7) is 1.91. The van der Waals surface area contributed by atoms with Crippen molar-refractivity contribution in [1.29, 1.82) is 0 Å². The Morgan fingerprint density at radius 1 is 1.62 bits per heavy atom. The van der Waals surface area contributed by atoms with E-state index in [9.17, 15) is 0 Å². The molecule has 0 amide bonds. The Hall–Kier alpha value is -1.07. The lowest BCUT2D eigenvalue weighted by molar-refractivity contribution is 0.294. The zero-order chi connectivity index (χ0) is 11.1. The molecule has 0 aromatic carbocycles. The Kier molecular flexibility index (Phi) is 2.37. The minimum absolute atomic E-state index is 0.325. The molecule has 0 fully saturated rings. The van der Waals surface area contributed by atoms with Gasteiger partial charge >= 0.3 is 0 Å². The van der Waals surface area contributed by atoms with Gasteiger partial charge in [0.25, 0.3) is 0 Å². The fourth-order valence-corrected chi connectivity index (χ4v) is 2.73. The van der Waals surface area contributed by atoms with Crippen LogP contribution in [-0.2, 0) is 6.54 Å². The van der Waals surface area contributed by atoms with E-state index in [1.807, 2.05) is 12.5 Å². The van der Waals surface area contributed by atoms with Crippen LogP contribution in [0.25, 0.3) is 0 Å². The van der Waals surface area contributed by atoms with Crippen LogP contribution in [0.4, 0.5) is 0 Å². The highest BCUT2D eigenvalue weighted by Crippen LogP contribution is 2.36. The lowest BCUT2D eigenvalue weighted by atomic mass is 9.91. The minimum Gasteiger partial charge on any atom is -0.457 e. The molecule has 3 rings (SSSR count). The summed E-state index contributed by atoms with van der Waals surface area (Å²) in [6.07, 6.45) is 5.45. The van der Waals surface area contributed by atoms with E-state index in [0.29, 0.717) is 5.92 Å². The van der Waals surface area contributed by atoms with Crippen LogP contribution in [-0.4, -0.2) is 28.5 Å². The highest BCUT2D eigenvalue weighted by atomic mass is 79.9. The summed E-state index contributed by atoms with van der Waals surface area (Å²) in [5, 5.41) is 0. The Labute approximate surface area is 102 Å². The number of nitrogens with zero attached hydrogens (tertiary/aromatic N) is 2. The number of likely N-dealkylation sites (N-methyl/N-ethyl adjacent to an activating group) is 1. The lowest BCUT2D eigenvalue weighted by Crippen LogP contribution is -2.30. The van der Waals surface area contributed by atoms with E-state index >= 15 is 0 Å². The molecule has 0 aliphatic carbocycles. The van der Waals surface area contributed by atoms with Crippen LogP contribution in [0, 0.1) is 0 Å². The summed E-state index contributed by atoms with van der Waals surface area (Å²) < 4.78 is 6.30. The average Bonchev–Trinajstić information content (AvgIpc) is 2.88. The van der Waals surface area contributed by atoms with E-state index in [1.165, 1.54) is 11.1 Å². The first-order valence-corrected chi connectivity index (χ1v) is 5.97. The van der Waals surface area contributed by atoms with Crippen molar-refractivity contribution in [2.24, 2.45) is 0 Å². The molecule has 0 saturated heterocycles. The molecule has 84 valence electrons. The van der Waals surface area contributed by atoms with Gasteiger partial charge in [0.1, 0.15) is 0 Å². The number of H-pyrrole nitrogens is 1. The summed E-state index contributed by atoms with van der Waals surface area (Å²) in [7, 11) is 2.12. The third-order valence-electron chi connectivity index (χ3n) is 3.07. The van der Waals surface area contributed by atoms with Gasteiger partial charge in [0, 0.05) is 42.0 Å². The number of fused-ring (bicyclic) bond motifs is 1. The van der Waals surface area contributed by atoms with Crippen LogP contribution in [0.3, 0.4) is 0 Å². The highest BCUT2D eigenvalue weighted by Gasteiger charge is 2.29. The number of hydrogen-bond acceptors (Lipinski definition) is 3. The second-order valence-electron chi connectivity index (χ2n) is 4.20. The van der Waals surface area contributed by atoms with Crippen LogP contribution >= 0.6 is 15.9 Å². The second-order valence-corrected chi connectivity index (χ2v) is 4.92. The van der Waals surface area contributed by atoms with Crippen molar-refractivity contribution < 1.29 is 4.42 Å². The molecule has 0 spiro atoms. The maximum atomic E-state index is 5.45. The van der Waals surface area contributed by atoms with E-state index < -0.39 is 0 Å². The van der Waals surface area contributed by atoms with Crippen molar-refractivity contribution in [2.45, 2.75) is 12.5 Å². The maximum absolute atomic E-state index is 5.45. The smallest absolute Gasteiger partial charge is 0.173 e. The van der Waals surface area contributed by atoms with Crippen molar-refractivity contribution in [3.05, 3.63) is 40.3 Å². The van der Waals surface area contributed by atoms with E-state index in [0.717, 1.165) is 23.5 Å². The summed E-state index contributed by atoms with van der Waals surface area (Å²) in [6, 6.07) is 0. The van der Waals surface area contributed by atoms with Gasteiger partial charge in [0.2, 0.25) is 0 Å². The summed E-state index contributed by atoms with van der Waals surface area (Å²) in [5.41, 5.74) is 3.64. The van der Waals surface area contributed by atoms with Crippen molar-refractivity contribution in [1.82, 2.24) is 14.9 Å². The standard InChI is InChI=1S/C11H12BrN3O/c1-15-3-7(10-2-13-6-14-10)9-5-16-11(12)8(9)4-15/h2,5-7H,3-4H2,1H3,(H,13,14). The number of nitrogens with one attached hydrogen (secondary N) is 1. The van der Waals surface area contributed by atoms with Gasteiger partial charge in [-0.3, -0.25) is 0 Å². The van der Waals surface area contributed by atoms with E-state index in [-0.39, 0.29) is 0 Å². The first kappa shape index (κ1) is 10.1. The maximum Gasteiger partial charge on any atom is 0.173 e. The summed E-state index contributed by atoms with van der Waals surface area (Å²) >= 11 is 3.45. The predicted molar refractivity (Wildman–Crippen MR) is 63.2 cm³/mol. The van der Waals surface area contributed by atoms with Gasteiger partial charge in [-0.25, -0.2) is 4.98 Å². The molecule has 0 saturated carbocycles. The number of aromatic nitrogens is 2. The van der Waals surface area contributed by atoms with Crippen LogP contribution < -0.4 is 0 Å². The minimum atomic E-state index is 0.325. The molecule has 1 aliphatic rings. The SMILES string of the molecule is CN1Cc2c(coc2Br)C(c2cnc[nH]2)C1. The number of rotatable bonds is 1. The first-order valence-electron chi connectivity index (χ1n) is 5.18. The lowest BCUT2D eigenvalue weighted by Gasteiger charge is -2.28. The molecule has 2 aromatic rings. The number of imidazole rings is 1. The molecule has 16 heavy (non-hydrogen) atoms. The van der Waals surface area contributed by atoms with Gasteiger partial charge in [0.15, 0.2) is 4.67 Å². The van der Waals surface area contributed by atoms with Crippen molar-refractivity contribution in [3.63, 3.8) is 0 Å². The molecule has 1 N–H and O–H groups in total. The Morgan fingerprint density at radius 2 is 2.50 bits per heavy atom. The summed E-state index contributed by atoms with van der Waals surface area (Å²) in [5.74, 6) is 0.325. The number of hydrogen-bond donors (Lipinski definition) is 1. The predicted octanol–water partition coefficient (Wildman–Crippen LogP) is 2.34. The molecule has 0 bridgehead atoms. The normalized spacial score (nSPS) is 21.0. The number of halogens is 1. The Balaban J connectivity index is 2.08. The first-order chi connectivity index (χ1) is 7.75. The monoisotopic (exact) mass is 281 g/mol. The van der Waals surface area contributed by atoms with Crippen molar-refractivity contribution in [3.8, 4) is 0 Å². The third kappa shape index (κ3) is 1.51. The van der Waals surface area contributed by atoms with Gasteiger partial charge in [-0.15, -0.1) is 0 Å². The third-order valence-corrected chi connectivity index (χ3v) is 3.73. The zero-order valence-corrected chi connectivity index (χ0v) is 10.5.